The number of carbonyl (C=O) groups is 1. The number of carbonyl (C=O) groups excluding carboxylic acids is 1. The van der Waals surface area contributed by atoms with Crippen LogP contribution >= 0.6 is 11.6 Å². The topological polar surface area (TPSA) is 68.5 Å². The van der Waals surface area contributed by atoms with E-state index in [1.54, 1.807) is 30.0 Å². The van der Waals surface area contributed by atoms with Gasteiger partial charge in [0.2, 0.25) is 0 Å². The number of hydrogen-bond acceptors (Lipinski definition) is 4. The molecule has 7 heteroatoms. The van der Waals surface area contributed by atoms with E-state index in [1.807, 2.05) is 50.2 Å². The zero-order valence-electron chi connectivity index (χ0n) is 16.2. The number of anilines is 1. The first-order valence-corrected chi connectivity index (χ1v) is 9.42. The summed E-state index contributed by atoms with van der Waals surface area (Å²) in [4.78, 5) is 17.4. The van der Waals surface area contributed by atoms with Crippen molar-refractivity contribution in [2.75, 3.05) is 12.4 Å². The average Bonchev–Trinajstić information content (AvgIpc) is 3.06. The van der Waals surface area contributed by atoms with Gasteiger partial charge >= 0.3 is 0 Å². The van der Waals surface area contributed by atoms with E-state index in [-0.39, 0.29) is 5.91 Å². The number of ether oxygens (including phenoxy) is 1. The van der Waals surface area contributed by atoms with Crippen molar-refractivity contribution in [3.63, 3.8) is 0 Å². The predicted molar refractivity (Wildman–Crippen MR) is 114 cm³/mol. The molecule has 0 bridgehead atoms. The predicted octanol–water partition coefficient (Wildman–Crippen LogP) is 4.93. The minimum absolute atomic E-state index is 0.275. The number of nitrogens with zero attached hydrogens (tertiary/aromatic N) is 3. The van der Waals surface area contributed by atoms with Crippen molar-refractivity contribution in [2.45, 2.75) is 13.8 Å². The second-order valence-electron chi connectivity index (χ2n) is 6.61. The lowest BCUT2D eigenvalue weighted by Gasteiger charge is -2.11. The Bertz CT molecular complexity index is 1220. The van der Waals surface area contributed by atoms with Crippen LogP contribution in [0.2, 0.25) is 5.02 Å². The Hall–Kier alpha value is -3.38. The molecule has 0 spiro atoms. The fourth-order valence-electron chi connectivity index (χ4n) is 3.32. The van der Waals surface area contributed by atoms with Gasteiger partial charge in [0.05, 0.1) is 29.7 Å². The molecule has 1 amide bonds. The zero-order chi connectivity index (χ0) is 20.5. The second-order valence-corrected chi connectivity index (χ2v) is 7.05. The van der Waals surface area contributed by atoms with E-state index in [1.165, 1.54) is 0 Å². The number of para-hydroxylation sites is 2. The molecule has 2 aromatic heterocycles. The average molecular weight is 407 g/mol. The van der Waals surface area contributed by atoms with Crippen molar-refractivity contribution in [1.82, 2.24) is 14.6 Å². The minimum Gasteiger partial charge on any atom is -0.495 e. The van der Waals surface area contributed by atoms with Crippen LogP contribution < -0.4 is 10.1 Å². The summed E-state index contributed by atoms with van der Waals surface area (Å²) in [6.07, 6.45) is 1.58. The standard InChI is InChI=1S/C22H19ClN4O2/c1-13-20(15-8-10-16(23)11-9-15)21-24-12-17(14(2)27(21)26-13)22(28)25-18-6-4-5-7-19(18)29-3/h4-12H,1-3H3,(H,25,28). The van der Waals surface area contributed by atoms with Crippen LogP contribution in [-0.2, 0) is 0 Å². The Kier molecular flexibility index (Phi) is 4.94. The summed E-state index contributed by atoms with van der Waals surface area (Å²) >= 11 is 6.01. The zero-order valence-corrected chi connectivity index (χ0v) is 17.0. The number of hydrogen-bond donors (Lipinski definition) is 1. The molecule has 1 N–H and O–H groups in total. The second kappa shape index (κ2) is 7.56. The van der Waals surface area contributed by atoms with Crippen LogP contribution in [-0.4, -0.2) is 27.6 Å². The van der Waals surface area contributed by atoms with Crippen LogP contribution in [0.5, 0.6) is 5.75 Å². The molecule has 29 heavy (non-hydrogen) atoms. The number of nitrogens with one attached hydrogen (secondary N) is 1. The van der Waals surface area contributed by atoms with Gasteiger partial charge in [-0.15, -0.1) is 0 Å². The molecule has 0 aliphatic heterocycles. The highest BCUT2D eigenvalue weighted by Gasteiger charge is 2.19. The molecule has 0 saturated heterocycles. The first-order valence-electron chi connectivity index (χ1n) is 9.05. The normalized spacial score (nSPS) is 10.9. The summed E-state index contributed by atoms with van der Waals surface area (Å²) in [5.74, 6) is 0.315. The number of rotatable bonds is 4. The summed E-state index contributed by atoms with van der Waals surface area (Å²) in [6.45, 7) is 3.77. The van der Waals surface area contributed by atoms with E-state index in [2.05, 4.69) is 15.4 Å². The molecular formula is C22H19ClN4O2. The quantitative estimate of drug-likeness (QED) is 0.522. The molecule has 4 aromatic rings. The third-order valence-corrected chi connectivity index (χ3v) is 5.04. The Morgan fingerprint density at radius 2 is 1.83 bits per heavy atom. The number of aromatic nitrogens is 3. The van der Waals surface area contributed by atoms with Gasteiger partial charge in [-0.3, -0.25) is 4.79 Å². The Balaban J connectivity index is 1.75. The number of benzene rings is 2. The largest absolute Gasteiger partial charge is 0.495 e. The van der Waals surface area contributed by atoms with Crippen molar-refractivity contribution in [3.05, 3.63) is 76.7 Å². The molecule has 0 saturated carbocycles. The van der Waals surface area contributed by atoms with Crippen molar-refractivity contribution < 1.29 is 9.53 Å². The lowest BCUT2D eigenvalue weighted by Crippen LogP contribution is -2.16. The molecule has 6 nitrogen and oxygen atoms in total. The summed E-state index contributed by atoms with van der Waals surface area (Å²) in [6, 6.07) is 14.8. The molecule has 2 heterocycles. The third kappa shape index (κ3) is 3.43. The lowest BCUT2D eigenvalue weighted by molar-refractivity contribution is 0.102. The molecule has 146 valence electrons. The highest BCUT2D eigenvalue weighted by molar-refractivity contribution is 6.30. The van der Waals surface area contributed by atoms with E-state index < -0.39 is 0 Å². The third-order valence-electron chi connectivity index (χ3n) is 4.79. The molecule has 4 rings (SSSR count). The first-order chi connectivity index (χ1) is 14.0. The van der Waals surface area contributed by atoms with Crippen LogP contribution in [0.15, 0.2) is 54.7 Å². The number of methoxy groups -OCH3 is 1. The van der Waals surface area contributed by atoms with E-state index in [4.69, 9.17) is 16.3 Å². The summed E-state index contributed by atoms with van der Waals surface area (Å²) in [7, 11) is 1.56. The summed E-state index contributed by atoms with van der Waals surface area (Å²) in [5, 5.41) is 8.16. The van der Waals surface area contributed by atoms with Crippen LogP contribution in [0, 0.1) is 13.8 Å². The van der Waals surface area contributed by atoms with Crippen molar-refractivity contribution in [3.8, 4) is 16.9 Å². The molecule has 2 aromatic carbocycles. The molecule has 0 atom stereocenters. The SMILES string of the molecule is COc1ccccc1NC(=O)c1cnc2c(-c3ccc(Cl)cc3)c(C)nn2c1C. The molecule has 0 aliphatic rings. The maximum absolute atomic E-state index is 12.9. The Labute approximate surface area is 173 Å². The van der Waals surface area contributed by atoms with Gasteiger partial charge in [-0.25, -0.2) is 9.50 Å². The van der Waals surface area contributed by atoms with E-state index >= 15 is 0 Å². The molecule has 0 radical (unpaired) electrons. The van der Waals surface area contributed by atoms with Crippen LogP contribution in [0.4, 0.5) is 5.69 Å². The smallest absolute Gasteiger partial charge is 0.259 e. The number of aryl methyl sites for hydroxylation is 2. The van der Waals surface area contributed by atoms with Gasteiger partial charge in [0, 0.05) is 16.8 Å². The fourth-order valence-corrected chi connectivity index (χ4v) is 3.44. The number of fused-ring (bicyclic) bond motifs is 1. The highest BCUT2D eigenvalue weighted by Crippen LogP contribution is 2.30. The number of halogens is 1. The Morgan fingerprint density at radius 1 is 1.10 bits per heavy atom. The molecular weight excluding hydrogens is 388 g/mol. The van der Waals surface area contributed by atoms with E-state index in [0.29, 0.717) is 33.4 Å². The lowest BCUT2D eigenvalue weighted by atomic mass is 10.1. The van der Waals surface area contributed by atoms with Crippen LogP contribution in [0.1, 0.15) is 21.7 Å². The van der Waals surface area contributed by atoms with E-state index in [9.17, 15) is 4.79 Å². The minimum atomic E-state index is -0.275. The van der Waals surface area contributed by atoms with Gasteiger partial charge in [-0.1, -0.05) is 35.9 Å². The molecule has 0 aliphatic carbocycles. The maximum Gasteiger partial charge on any atom is 0.259 e. The van der Waals surface area contributed by atoms with Crippen LogP contribution in [0.3, 0.4) is 0 Å². The van der Waals surface area contributed by atoms with E-state index in [0.717, 1.165) is 16.8 Å². The van der Waals surface area contributed by atoms with Gasteiger partial charge in [0.15, 0.2) is 5.65 Å². The van der Waals surface area contributed by atoms with Crippen molar-refractivity contribution in [1.29, 1.82) is 0 Å². The van der Waals surface area contributed by atoms with Gasteiger partial charge in [-0.2, -0.15) is 5.10 Å². The summed E-state index contributed by atoms with van der Waals surface area (Å²) < 4.78 is 7.01. The van der Waals surface area contributed by atoms with Gasteiger partial charge in [0.1, 0.15) is 5.75 Å². The molecule has 0 fully saturated rings. The molecule has 0 unspecified atom stereocenters. The van der Waals surface area contributed by atoms with Crippen molar-refractivity contribution in [2.24, 2.45) is 0 Å². The highest BCUT2D eigenvalue weighted by atomic mass is 35.5. The van der Waals surface area contributed by atoms with Crippen LogP contribution in [0.25, 0.3) is 16.8 Å². The van der Waals surface area contributed by atoms with Gasteiger partial charge in [-0.05, 0) is 43.7 Å². The van der Waals surface area contributed by atoms with Gasteiger partial charge < -0.3 is 10.1 Å². The Morgan fingerprint density at radius 3 is 2.55 bits per heavy atom. The first kappa shape index (κ1) is 19.0. The maximum atomic E-state index is 12.9. The fraction of sp³-hybridized carbons (Fsp3) is 0.136. The van der Waals surface area contributed by atoms with Gasteiger partial charge in [0.25, 0.3) is 5.91 Å². The summed E-state index contributed by atoms with van der Waals surface area (Å²) in [5.41, 5.74) is 5.14. The van der Waals surface area contributed by atoms with Crippen molar-refractivity contribution >= 4 is 28.8 Å². The monoisotopic (exact) mass is 406 g/mol. The number of amides is 1.